The van der Waals surface area contributed by atoms with Crippen molar-refractivity contribution in [3.8, 4) is 0 Å². The molecular weight excluding hydrogens is 263 g/mol. The summed E-state index contributed by atoms with van der Waals surface area (Å²) in [7, 11) is 0. The molecule has 0 fully saturated rings. The van der Waals surface area contributed by atoms with E-state index in [9.17, 15) is 4.39 Å². The van der Waals surface area contributed by atoms with Crippen LogP contribution in [0.2, 0.25) is 0 Å². The minimum atomic E-state index is -0.0838. The molecule has 0 radical (unpaired) electrons. The number of nitrogens with zero attached hydrogens (tertiary/aromatic N) is 1. The quantitative estimate of drug-likeness (QED) is 0.748. The van der Waals surface area contributed by atoms with E-state index in [0.717, 1.165) is 40.6 Å². The van der Waals surface area contributed by atoms with E-state index < -0.39 is 0 Å². The first-order chi connectivity index (χ1) is 10.3. The van der Waals surface area contributed by atoms with E-state index in [1.165, 1.54) is 0 Å². The molecular formula is C18H15FN2. The number of aromatic nitrogens is 1. The molecule has 0 amide bonds. The van der Waals surface area contributed by atoms with Crippen LogP contribution in [0.3, 0.4) is 0 Å². The fourth-order valence-corrected chi connectivity index (χ4v) is 3.13. The number of anilines is 1. The highest BCUT2D eigenvalue weighted by Crippen LogP contribution is 2.35. The van der Waals surface area contributed by atoms with Gasteiger partial charge in [0.2, 0.25) is 0 Å². The lowest BCUT2D eigenvalue weighted by molar-refractivity contribution is 0.612. The molecule has 0 bridgehead atoms. The number of hydrogen-bond acceptors (Lipinski definition) is 2. The van der Waals surface area contributed by atoms with E-state index in [-0.39, 0.29) is 11.9 Å². The third kappa shape index (κ3) is 2.15. The van der Waals surface area contributed by atoms with Crippen molar-refractivity contribution in [1.82, 2.24) is 4.98 Å². The van der Waals surface area contributed by atoms with Gasteiger partial charge in [0.1, 0.15) is 5.82 Å². The predicted molar refractivity (Wildman–Crippen MR) is 82.8 cm³/mol. The molecule has 104 valence electrons. The van der Waals surface area contributed by atoms with Crippen LogP contribution in [0.4, 0.5) is 10.1 Å². The zero-order valence-corrected chi connectivity index (χ0v) is 11.5. The number of pyridine rings is 1. The van der Waals surface area contributed by atoms with Gasteiger partial charge in [0.15, 0.2) is 0 Å². The van der Waals surface area contributed by atoms with Gasteiger partial charge in [-0.1, -0.05) is 18.2 Å². The molecule has 3 heteroatoms. The topological polar surface area (TPSA) is 24.9 Å². The van der Waals surface area contributed by atoms with Crippen molar-refractivity contribution in [2.45, 2.75) is 18.9 Å². The molecule has 4 rings (SSSR count). The smallest absolute Gasteiger partial charge is 0.126 e. The molecule has 2 aromatic carbocycles. The maximum absolute atomic E-state index is 13.8. The molecule has 1 atom stereocenters. The second kappa shape index (κ2) is 4.85. The summed E-state index contributed by atoms with van der Waals surface area (Å²) in [5.41, 5.74) is 3.98. The van der Waals surface area contributed by atoms with E-state index in [1.54, 1.807) is 18.3 Å². The number of nitrogens with one attached hydrogen (secondary N) is 1. The van der Waals surface area contributed by atoms with Crippen LogP contribution < -0.4 is 5.32 Å². The highest BCUT2D eigenvalue weighted by Gasteiger charge is 2.24. The van der Waals surface area contributed by atoms with Crippen LogP contribution in [0.1, 0.15) is 23.6 Å². The number of halogens is 1. The first-order valence-electron chi connectivity index (χ1n) is 7.20. The van der Waals surface area contributed by atoms with Crippen molar-refractivity contribution in [3.63, 3.8) is 0 Å². The Morgan fingerprint density at radius 3 is 3.00 bits per heavy atom. The van der Waals surface area contributed by atoms with Crippen molar-refractivity contribution in [1.29, 1.82) is 0 Å². The zero-order chi connectivity index (χ0) is 14.2. The summed E-state index contributed by atoms with van der Waals surface area (Å²) < 4.78 is 13.8. The van der Waals surface area contributed by atoms with Crippen molar-refractivity contribution in [2.24, 2.45) is 0 Å². The Morgan fingerprint density at radius 1 is 1.10 bits per heavy atom. The van der Waals surface area contributed by atoms with Crippen LogP contribution in [-0.4, -0.2) is 4.98 Å². The highest BCUT2D eigenvalue weighted by molar-refractivity contribution is 5.82. The molecule has 0 aliphatic heterocycles. The lowest BCUT2D eigenvalue weighted by atomic mass is 10.1. The Balaban J connectivity index is 1.66. The Morgan fingerprint density at radius 2 is 2.05 bits per heavy atom. The van der Waals surface area contributed by atoms with Gasteiger partial charge in [-0.25, -0.2) is 4.39 Å². The highest BCUT2D eigenvalue weighted by atomic mass is 19.1. The molecule has 1 aliphatic rings. The molecule has 3 aromatic rings. The van der Waals surface area contributed by atoms with Gasteiger partial charge in [-0.05, 0) is 54.3 Å². The lowest BCUT2D eigenvalue weighted by Crippen LogP contribution is -2.07. The van der Waals surface area contributed by atoms with Crippen LogP contribution in [0.25, 0.3) is 10.9 Å². The third-order valence-electron chi connectivity index (χ3n) is 4.16. The summed E-state index contributed by atoms with van der Waals surface area (Å²) in [6.07, 6.45) is 3.53. The molecule has 1 aliphatic carbocycles. The molecule has 21 heavy (non-hydrogen) atoms. The Hall–Kier alpha value is -2.42. The lowest BCUT2D eigenvalue weighted by Gasteiger charge is -2.16. The van der Waals surface area contributed by atoms with Gasteiger partial charge in [0.05, 0.1) is 11.6 Å². The van der Waals surface area contributed by atoms with Crippen molar-refractivity contribution in [2.75, 3.05) is 5.32 Å². The molecule has 0 saturated carbocycles. The molecule has 1 N–H and O–H groups in total. The first-order valence-corrected chi connectivity index (χ1v) is 7.20. The van der Waals surface area contributed by atoms with Gasteiger partial charge in [-0.2, -0.15) is 0 Å². The summed E-state index contributed by atoms with van der Waals surface area (Å²) in [4.78, 5) is 4.32. The van der Waals surface area contributed by atoms with Crippen LogP contribution >= 0.6 is 0 Å². The Kier molecular flexibility index (Phi) is 2.85. The van der Waals surface area contributed by atoms with E-state index >= 15 is 0 Å². The molecule has 2 nitrogen and oxygen atoms in total. The second-order valence-corrected chi connectivity index (χ2v) is 5.45. The second-order valence-electron chi connectivity index (χ2n) is 5.45. The minimum absolute atomic E-state index is 0.0838. The zero-order valence-electron chi connectivity index (χ0n) is 11.5. The predicted octanol–water partition coefficient (Wildman–Crippen LogP) is 4.47. The first kappa shape index (κ1) is 12.3. The fourth-order valence-electron chi connectivity index (χ4n) is 3.13. The van der Waals surface area contributed by atoms with Gasteiger partial charge < -0.3 is 5.32 Å². The molecule has 1 unspecified atom stereocenters. The van der Waals surface area contributed by atoms with Crippen LogP contribution in [0.15, 0.2) is 54.7 Å². The van der Waals surface area contributed by atoms with Gasteiger partial charge in [0, 0.05) is 17.3 Å². The van der Waals surface area contributed by atoms with Crippen molar-refractivity contribution in [3.05, 3.63) is 71.7 Å². The van der Waals surface area contributed by atoms with E-state index in [2.05, 4.69) is 22.4 Å². The summed E-state index contributed by atoms with van der Waals surface area (Å²) in [6.45, 7) is 0. The maximum Gasteiger partial charge on any atom is 0.126 e. The summed E-state index contributed by atoms with van der Waals surface area (Å²) in [6, 6.07) is 15.7. The maximum atomic E-state index is 13.8. The van der Waals surface area contributed by atoms with Crippen LogP contribution in [0, 0.1) is 5.82 Å². The van der Waals surface area contributed by atoms with Crippen molar-refractivity contribution < 1.29 is 4.39 Å². The van der Waals surface area contributed by atoms with Gasteiger partial charge >= 0.3 is 0 Å². The summed E-state index contributed by atoms with van der Waals surface area (Å²) >= 11 is 0. The monoisotopic (exact) mass is 278 g/mol. The van der Waals surface area contributed by atoms with Gasteiger partial charge in [0.25, 0.3) is 0 Å². The average molecular weight is 278 g/mol. The SMILES string of the molecule is Fc1cccc2c1CCC2Nc1ccc2ncccc2c1. The fraction of sp³-hybridized carbons (Fsp3) is 0.167. The number of fused-ring (bicyclic) bond motifs is 2. The largest absolute Gasteiger partial charge is 0.378 e. The molecule has 0 saturated heterocycles. The van der Waals surface area contributed by atoms with Gasteiger partial charge in [-0.3, -0.25) is 4.98 Å². The van der Waals surface area contributed by atoms with Crippen LogP contribution in [-0.2, 0) is 6.42 Å². The number of rotatable bonds is 2. The minimum Gasteiger partial charge on any atom is -0.378 e. The number of hydrogen-bond donors (Lipinski definition) is 1. The van der Waals surface area contributed by atoms with Crippen LogP contribution in [0.5, 0.6) is 0 Å². The Bertz CT molecular complexity index is 813. The van der Waals surface area contributed by atoms with E-state index in [0.29, 0.717) is 0 Å². The van der Waals surface area contributed by atoms with E-state index in [1.807, 2.05) is 24.3 Å². The number of benzene rings is 2. The van der Waals surface area contributed by atoms with E-state index in [4.69, 9.17) is 0 Å². The van der Waals surface area contributed by atoms with Gasteiger partial charge in [-0.15, -0.1) is 0 Å². The summed E-state index contributed by atoms with van der Waals surface area (Å²) in [5.74, 6) is -0.0838. The normalized spacial score (nSPS) is 16.9. The molecule has 1 aromatic heterocycles. The molecule has 0 spiro atoms. The average Bonchev–Trinajstić information content (AvgIpc) is 2.92. The Labute approximate surface area is 122 Å². The third-order valence-corrected chi connectivity index (χ3v) is 4.16. The summed E-state index contributed by atoms with van der Waals surface area (Å²) in [5, 5.41) is 4.63. The standard InChI is InChI=1S/C18H15FN2/c19-16-5-1-4-15-14(16)7-9-18(15)21-13-6-8-17-12(11-13)3-2-10-20-17/h1-6,8,10-11,18,21H,7,9H2. The van der Waals surface area contributed by atoms with Crippen molar-refractivity contribution >= 4 is 16.6 Å². The molecule has 1 heterocycles.